The molecule has 0 radical (unpaired) electrons. The summed E-state index contributed by atoms with van der Waals surface area (Å²) in [6, 6.07) is 0.635. The number of hydrogen-bond acceptors (Lipinski definition) is 4. The Balaban J connectivity index is 1.61. The second-order valence-corrected chi connectivity index (χ2v) is 4.53. The molecule has 4 heteroatoms. The van der Waals surface area contributed by atoms with Crippen LogP contribution >= 0.6 is 11.3 Å². The van der Waals surface area contributed by atoms with Crippen LogP contribution in [0, 0.1) is 0 Å². The van der Waals surface area contributed by atoms with E-state index in [4.69, 9.17) is 4.74 Å². The van der Waals surface area contributed by atoms with Crippen molar-refractivity contribution in [3.05, 3.63) is 16.6 Å². The Labute approximate surface area is 88.5 Å². The first-order valence-corrected chi connectivity index (χ1v) is 5.99. The SMILES string of the molecule is CCOC1CC(NCc2nccs2)C1. The van der Waals surface area contributed by atoms with Crippen LogP contribution in [0.15, 0.2) is 11.6 Å². The van der Waals surface area contributed by atoms with Crippen molar-refractivity contribution < 1.29 is 4.74 Å². The number of nitrogens with one attached hydrogen (secondary N) is 1. The van der Waals surface area contributed by atoms with E-state index in [9.17, 15) is 0 Å². The quantitative estimate of drug-likeness (QED) is 0.808. The molecule has 1 fully saturated rings. The average molecular weight is 212 g/mol. The van der Waals surface area contributed by atoms with E-state index in [0.29, 0.717) is 12.1 Å². The van der Waals surface area contributed by atoms with Crippen LogP contribution < -0.4 is 5.32 Å². The van der Waals surface area contributed by atoms with Crippen LogP contribution in [0.1, 0.15) is 24.8 Å². The van der Waals surface area contributed by atoms with Crippen LogP contribution in [0.3, 0.4) is 0 Å². The van der Waals surface area contributed by atoms with E-state index >= 15 is 0 Å². The third-order valence-corrected chi connectivity index (χ3v) is 3.30. The van der Waals surface area contributed by atoms with Crippen molar-refractivity contribution in [2.75, 3.05) is 6.61 Å². The van der Waals surface area contributed by atoms with E-state index in [-0.39, 0.29) is 0 Å². The minimum Gasteiger partial charge on any atom is -0.378 e. The van der Waals surface area contributed by atoms with Gasteiger partial charge in [0.15, 0.2) is 0 Å². The highest BCUT2D eigenvalue weighted by atomic mass is 32.1. The highest BCUT2D eigenvalue weighted by Crippen LogP contribution is 2.23. The summed E-state index contributed by atoms with van der Waals surface area (Å²) in [6.07, 6.45) is 4.65. The second-order valence-electron chi connectivity index (χ2n) is 3.55. The van der Waals surface area contributed by atoms with Crippen molar-refractivity contribution in [2.24, 2.45) is 0 Å². The molecular weight excluding hydrogens is 196 g/mol. The van der Waals surface area contributed by atoms with Crippen molar-refractivity contribution in [1.82, 2.24) is 10.3 Å². The van der Waals surface area contributed by atoms with E-state index in [0.717, 1.165) is 26.0 Å². The first kappa shape index (κ1) is 10.1. The summed E-state index contributed by atoms with van der Waals surface area (Å²) in [4.78, 5) is 4.23. The van der Waals surface area contributed by atoms with Crippen LogP contribution in [0.5, 0.6) is 0 Å². The lowest BCUT2D eigenvalue weighted by Gasteiger charge is -2.35. The molecule has 0 spiro atoms. The molecule has 0 atom stereocenters. The molecule has 0 amide bonds. The zero-order valence-corrected chi connectivity index (χ0v) is 9.22. The molecule has 0 aliphatic heterocycles. The fourth-order valence-electron chi connectivity index (χ4n) is 1.68. The Morgan fingerprint density at radius 1 is 1.64 bits per heavy atom. The van der Waals surface area contributed by atoms with Crippen molar-refractivity contribution in [3.8, 4) is 0 Å². The van der Waals surface area contributed by atoms with Gasteiger partial charge in [-0.25, -0.2) is 4.98 Å². The lowest BCUT2D eigenvalue weighted by atomic mass is 9.89. The molecule has 0 aromatic carbocycles. The summed E-state index contributed by atoms with van der Waals surface area (Å²) in [5.41, 5.74) is 0. The predicted octanol–water partition coefficient (Wildman–Crippen LogP) is 1.80. The Morgan fingerprint density at radius 2 is 2.50 bits per heavy atom. The number of aromatic nitrogens is 1. The van der Waals surface area contributed by atoms with Gasteiger partial charge in [0.25, 0.3) is 0 Å². The number of hydrogen-bond donors (Lipinski definition) is 1. The van der Waals surface area contributed by atoms with Gasteiger partial charge in [-0.1, -0.05) is 0 Å². The third kappa shape index (κ3) is 2.53. The van der Waals surface area contributed by atoms with Gasteiger partial charge in [0.1, 0.15) is 5.01 Å². The molecule has 0 bridgehead atoms. The van der Waals surface area contributed by atoms with Gasteiger partial charge in [-0.3, -0.25) is 0 Å². The fraction of sp³-hybridized carbons (Fsp3) is 0.700. The van der Waals surface area contributed by atoms with Crippen LogP contribution in [0.4, 0.5) is 0 Å². The van der Waals surface area contributed by atoms with Gasteiger partial charge in [-0.05, 0) is 19.8 Å². The van der Waals surface area contributed by atoms with E-state index in [1.54, 1.807) is 11.3 Å². The molecule has 1 N–H and O–H groups in total. The molecular formula is C10H16N2OS. The number of thiazole rings is 1. The lowest BCUT2D eigenvalue weighted by molar-refractivity contribution is -0.0102. The molecule has 0 unspecified atom stereocenters. The summed E-state index contributed by atoms with van der Waals surface area (Å²) < 4.78 is 5.49. The lowest BCUT2D eigenvalue weighted by Crippen LogP contribution is -2.45. The molecule has 14 heavy (non-hydrogen) atoms. The van der Waals surface area contributed by atoms with Gasteiger partial charge in [-0.2, -0.15) is 0 Å². The molecule has 3 nitrogen and oxygen atoms in total. The summed E-state index contributed by atoms with van der Waals surface area (Å²) in [6.45, 7) is 3.79. The molecule has 78 valence electrons. The maximum Gasteiger partial charge on any atom is 0.106 e. The third-order valence-electron chi connectivity index (χ3n) is 2.52. The fourth-order valence-corrected chi connectivity index (χ4v) is 2.24. The Hall–Kier alpha value is -0.450. The summed E-state index contributed by atoms with van der Waals surface area (Å²) >= 11 is 1.71. The molecule has 1 heterocycles. The standard InChI is InChI=1S/C10H16N2OS/c1-2-13-9-5-8(6-9)12-7-10-11-3-4-14-10/h3-4,8-9,12H,2,5-7H2,1H3. The van der Waals surface area contributed by atoms with E-state index < -0.39 is 0 Å². The van der Waals surface area contributed by atoms with E-state index in [1.807, 2.05) is 11.6 Å². The summed E-state index contributed by atoms with van der Waals surface area (Å²) in [5.74, 6) is 0. The molecule has 1 saturated carbocycles. The van der Waals surface area contributed by atoms with Crippen LogP contribution in [0.2, 0.25) is 0 Å². The maximum atomic E-state index is 5.49. The van der Waals surface area contributed by atoms with Crippen molar-refractivity contribution in [2.45, 2.75) is 38.5 Å². The van der Waals surface area contributed by atoms with E-state index in [2.05, 4.69) is 17.2 Å². The Kier molecular flexibility index (Phi) is 3.50. The number of ether oxygens (including phenoxy) is 1. The van der Waals surface area contributed by atoms with Crippen molar-refractivity contribution in [3.63, 3.8) is 0 Å². The van der Waals surface area contributed by atoms with Crippen molar-refractivity contribution in [1.29, 1.82) is 0 Å². The van der Waals surface area contributed by atoms with Gasteiger partial charge in [0, 0.05) is 30.8 Å². The average Bonchev–Trinajstić information content (AvgIpc) is 2.61. The smallest absolute Gasteiger partial charge is 0.106 e. The van der Waals surface area contributed by atoms with Gasteiger partial charge in [0.2, 0.25) is 0 Å². The molecule has 1 aliphatic rings. The minimum absolute atomic E-state index is 0.494. The minimum atomic E-state index is 0.494. The number of nitrogens with zero attached hydrogens (tertiary/aromatic N) is 1. The van der Waals surface area contributed by atoms with Gasteiger partial charge < -0.3 is 10.1 Å². The Bertz CT molecular complexity index is 257. The molecule has 1 aromatic heterocycles. The largest absolute Gasteiger partial charge is 0.378 e. The normalized spacial score (nSPS) is 26.1. The first-order chi connectivity index (χ1) is 6.88. The topological polar surface area (TPSA) is 34.1 Å². The molecule has 0 saturated heterocycles. The highest BCUT2D eigenvalue weighted by molar-refractivity contribution is 7.09. The zero-order valence-electron chi connectivity index (χ0n) is 8.40. The predicted molar refractivity (Wildman–Crippen MR) is 57.4 cm³/mol. The Morgan fingerprint density at radius 3 is 3.14 bits per heavy atom. The van der Waals surface area contributed by atoms with Crippen LogP contribution in [-0.2, 0) is 11.3 Å². The summed E-state index contributed by atoms with van der Waals surface area (Å²) in [5, 5.41) is 6.66. The monoisotopic (exact) mass is 212 g/mol. The van der Waals surface area contributed by atoms with Crippen LogP contribution in [0.25, 0.3) is 0 Å². The van der Waals surface area contributed by atoms with E-state index in [1.165, 1.54) is 5.01 Å². The van der Waals surface area contributed by atoms with Crippen molar-refractivity contribution >= 4 is 11.3 Å². The molecule has 1 aliphatic carbocycles. The summed E-state index contributed by atoms with van der Waals surface area (Å²) in [7, 11) is 0. The maximum absolute atomic E-state index is 5.49. The van der Waals surface area contributed by atoms with Gasteiger partial charge >= 0.3 is 0 Å². The molecule has 2 rings (SSSR count). The highest BCUT2D eigenvalue weighted by Gasteiger charge is 2.28. The van der Waals surface area contributed by atoms with Crippen LogP contribution in [-0.4, -0.2) is 23.7 Å². The number of rotatable bonds is 5. The second kappa shape index (κ2) is 4.87. The molecule has 1 aromatic rings. The van der Waals surface area contributed by atoms with Gasteiger partial charge in [0.05, 0.1) is 6.10 Å². The van der Waals surface area contributed by atoms with Gasteiger partial charge in [-0.15, -0.1) is 11.3 Å². The zero-order chi connectivity index (χ0) is 9.80. The first-order valence-electron chi connectivity index (χ1n) is 5.12.